The summed E-state index contributed by atoms with van der Waals surface area (Å²) in [6.45, 7) is 5.51. The van der Waals surface area contributed by atoms with Crippen molar-refractivity contribution in [3.05, 3.63) is 18.2 Å². The second-order valence-corrected chi connectivity index (χ2v) is 5.12. The van der Waals surface area contributed by atoms with Gasteiger partial charge in [0.15, 0.2) is 0 Å². The van der Waals surface area contributed by atoms with Gasteiger partial charge in [-0.3, -0.25) is 0 Å². The lowest BCUT2D eigenvalue weighted by Crippen LogP contribution is -2.22. The van der Waals surface area contributed by atoms with Crippen LogP contribution in [0.15, 0.2) is 12.4 Å². The molecule has 1 aliphatic rings. The number of hydrogen-bond acceptors (Lipinski definition) is 2. The number of nitrogens with two attached hydrogens (primary N) is 1. The van der Waals surface area contributed by atoms with Crippen LogP contribution in [0.3, 0.4) is 0 Å². The quantitative estimate of drug-likeness (QED) is 0.823. The highest BCUT2D eigenvalue weighted by Crippen LogP contribution is 2.39. The van der Waals surface area contributed by atoms with Crippen LogP contribution in [0.2, 0.25) is 0 Å². The molecule has 0 aromatic carbocycles. The Morgan fingerprint density at radius 1 is 1.67 bits per heavy atom. The van der Waals surface area contributed by atoms with Gasteiger partial charge in [0.2, 0.25) is 0 Å². The number of aromatic nitrogens is 2. The molecule has 84 valence electrons. The molecule has 0 spiro atoms. The summed E-state index contributed by atoms with van der Waals surface area (Å²) in [5.74, 6) is 1.22. The first kappa shape index (κ1) is 10.7. The van der Waals surface area contributed by atoms with Crippen LogP contribution < -0.4 is 5.73 Å². The maximum atomic E-state index is 5.98. The highest BCUT2D eigenvalue weighted by atomic mass is 15.1. The van der Waals surface area contributed by atoms with Crippen molar-refractivity contribution in [2.45, 2.75) is 52.1 Å². The van der Waals surface area contributed by atoms with E-state index in [4.69, 9.17) is 5.73 Å². The molecule has 3 heteroatoms. The first-order chi connectivity index (χ1) is 7.13. The van der Waals surface area contributed by atoms with Crippen LogP contribution in [0.1, 0.15) is 38.9 Å². The Kier molecular flexibility index (Phi) is 2.83. The molecule has 0 saturated heterocycles. The predicted octanol–water partition coefficient (Wildman–Crippen LogP) is 1.96. The maximum Gasteiger partial charge on any atom is 0.109 e. The van der Waals surface area contributed by atoms with Gasteiger partial charge in [-0.15, -0.1) is 0 Å². The summed E-state index contributed by atoms with van der Waals surface area (Å²) in [5.41, 5.74) is 6.36. The van der Waals surface area contributed by atoms with E-state index >= 15 is 0 Å². The van der Waals surface area contributed by atoms with E-state index in [1.807, 2.05) is 6.20 Å². The molecule has 1 heterocycles. The van der Waals surface area contributed by atoms with Gasteiger partial charge in [-0.2, -0.15) is 0 Å². The zero-order valence-corrected chi connectivity index (χ0v) is 9.74. The lowest BCUT2D eigenvalue weighted by Gasteiger charge is -2.23. The Bertz CT molecular complexity index is 331. The van der Waals surface area contributed by atoms with E-state index in [1.54, 1.807) is 0 Å². The van der Waals surface area contributed by atoms with Crippen molar-refractivity contribution in [3.63, 3.8) is 0 Å². The molecule has 2 N–H and O–H groups in total. The van der Waals surface area contributed by atoms with Crippen LogP contribution in [0, 0.1) is 5.41 Å². The summed E-state index contributed by atoms with van der Waals surface area (Å²) in [6.07, 6.45) is 8.59. The normalized spacial score (nSPS) is 31.0. The van der Waals surface area contributed by atoms with Gasteiger partial charge in [-0.05, 0) is 31.6 Å². The minimum Gasteiger partial charge on any atom is -0.335 e. The predicted molar refractivity (Wildman–Crippen MR) is 61.5 cm³/mol. The molecule has 1 aliphatic carbocycles. The largest absolute Gasteiger partial charge is 0.335 e. The molecule has 2 unspecified atom stereocenters. The summed E-state index contributed by atoms with van der Waals surface area (Å²) < 4.78 is 2.23. The molecular weight excluding hydrogens is 186 g/mol. The molecule has 1 aromatic heterocycles. The zero-order chi connectivity index (χ0) is 10.9. The Morgan fingerprint density at radius 3 is 3.07 bits per heavy atom. The standard InChI is InChI=1S/C12H21N3/c1-3-15-7-6-14-11(15)9-12(2)5-4-10(13)8-12/h6-7,10H,3-5,8-9,13H2,1-2H3. The Morgan fingerprint density at radius 2 is 2.47 bits per heavy atom. The van der Waals surface area contributed by atoms with E-state index in [2.05, 4.69) is 29.6 Å². The van der Waals surface area contributed by atoms with Crippen LogP contribution in [0.4, 0.5) is 0 Å². The summed E-state index contributed by atoms with van der Waals surface area (Å²) in [5, 5.41) is 0. The fourth-order valence-electron chi connectivity index (χ4n) is 2.71. The van der Waals surface area contributed by atoms with E-state index in [-0.39, 0.29) is 0 Å². The lowest BCUT2D eigenvalue weighted by molar-refractivity contribution is 0.317. The van der Waals surface area contributed by atoms with Gasteiger partial charge in [-0.1, -0.05) is 6.92 Å². The van der Waals surface area contributed by atoms with Crippen molar-refractivity contribution in [3.8, 4) is 0 Å². The van der Waals surface area contributed by atoms with Crippen LogP contribution in [-0.2, 0) is 13.0 Å². The second-order valence-electron chi connectivity index (χ2n) is 5.12. The molecule has 1 fully saturated rings. The van der Waals surface area contributed by atoms with Gasteiger partial charge >= 0.3 is 0 Å². The number of rotatable bonds is 3. The maximum absolute atomic E-state index is 5.98. The molecule has 0 aliphatic heterocycles. The van der Waals surface area contributed by atoms with Crippen molar-refractivity contribution < 1.29 is 0 Å². The lowest BCUT2D eigenvalue weighted by atomic mass is 9.84. The molecule has 1 aromatic rings. The van der Waals surface area contributed by atoms with Crippen LogP contribution in [0.5, 0.6) is 0 Å². The molecular formula is C12H21N3. The van der Waals surface area contributed by atoms with Gasteiger partial charge in [-0.25, -0.2) is 4.98 Å². The van der Waals surface area contributed by atoms with E-state index in [1.165, 1.54) is 18.7 Å². The number of hydrogen-bond donors (Lipinski definition) is 1. The van der Waals surface area contributed by atoms with E-state index in [0.29, 0.717) is 11.5 Å². The van der Waals surface area contributed by atoms with E-state index in [9.17, 15) is 0 Å². The van der Waals surface area contributed by atoms with E-state index < -0.39 is 0 Å². The van der Waals surface area contributed by atoms with Gasteiger partial charge < -0.3 is 10.3 Å². The molecule has 0 amide bonds. The first-order valence-corrected chi connectivity index (χ1v) is 5.88. The van der Waals surface area contributed by atoms with Crippen molar-refractivity contribution in [1.82, 2.24) is 9.55 Å². The average Bonchev–Trinajstić information content (AvgIpc) is 2.74. The fraction of sp³-hybridized carbons (Fsp3) is 0.750. The Labute approximate surface area is 91.7 Å². The van der Waals surface area contributed by atoms with Crippen molar-refractivity contribution in [2.75, 3.05) is 0 Å². The van der Waals surface area contributed by atoms with Crippen molar-refractivity contribution in [2.24, 2.45) is 11.1 Å². The van der Waals surface area contributed by atoms with Gasteiger partial charge in [0.05, 0.1) is 0 Å². The second kappa shape index (κ2) is 3.97. The summed E-state index contributed by atoms with van der Waals surface area (Å²) in [7, 11) is 0. The Hall–Kier alpha value is -0.830. The molecule has 0 bridgehead atoms. The van der Waals surface area contributed by atoms with Gasteiger partial charge in [0.25, 0.3) is 0 Å². The molecule has 0 radical (unpaired) electrons. The minimum atomic E-state index is 0.373. The summed E-state index contributed by atoms with van der Waals surface area (Å²) in [6, 6.07) is 0.403. The average molecular weight is 207 g/mol. The summed E-state index contributed by atoms with van der Waals surface area (Å²) in [4.78, 5) is 4.44. The van der Waals surface area contributed by atoms with Crippen molar-refractivity contribution >= 4 is 0 Å². The van der Waals surface area contributed by atoms with Gasteiger partial charge in [0.1, 0.15) is 5.82 Å². The van der Waals surface area contributed by atoms with E-state index in [0.717, 1.165) is 19.4 Å². The van der Waals surface area contributed by atoms with Crippen LogP contribution >= 0.6 is 0 Å². The molecule has 2 rings (SSSR count). The van der Waals surface area contributed by atoms with Crippen LogP contribution in [0.25, 0.3) is 0 Å². The molecule has 2 atom stereocenters. The highest BCUT2D eigenvalue weighted by molar-refractivity contribution is 5.00. The summed E-state index contributed by atoms with van der Waals surface area (Å²) >= 11 is 0. The fourth-order valence-corrected chi connectivity index (χ4v) is 2.71. The third-order valence-corrected chi connectivity index (χ3v) is 3.60. The number of aryl methyl sites for hydroxylation is 1. The van der Waals surface area contributed by atoms with Crippen LogP contribution in [-0.4, -0.2) is 15.6 Å². The third-order valence-electron chi connectivity index (χ3n) is 3.60. The smallest absolute Gasteiger partial charge is 0.109 e. The van der Waals surface area contributed by atoms with Crippen molar-refractivity contribution in [1.29, 1.82) is 0 Å². The molecule has 3 nitrogen and oxygen atoms in total. The highest BCUT2D eigenvalue weighted by Gasteiger charge is 2.34. The number of nitrogens with zero attached hydrogens (tertiary/aromatic N) is 2. The monoisotopic (exact) mass is 207 g/mol. The molecule has 15 heavy (non-hydrogen) atoms. The third kappa shape index (κ3) is 2.23. The minimum absolute atomic E-state index is 0.373. The van der Waals surface area contributed by atoms with Gasteiger partial charge in [0, 0.05) is 31.4 Å². The zero-order valence-electron chi connectivity index (χ0n) is 9.74. The topological polar surface area (TPSA) is 43.8 Å². The Balaban J connectivity index is 2.08. The first-order valence-electron chi connectivity index (χ1n) is 5.88. The molecule has 1 saturated carbocycles. The number of imidazole rings is 1. The SMILES string of the molecule is CCn1ccnc1CC1(C)CCC(N)C1.